The van der Waals surface area contributed by atoms with Gasteiger partial charge in [0.25, 0.3) is 0 Å². The number of rotatable bonds is 7. The molecule has 1 saturated heterocycles. The molecule has 150 valence electrons. The van der Waals surface area contributed by atoms with Gasteiger partial charge in [-0.05, 0) is 49.7 Å². The standard InChI is InChI=1S/C20H23N7O2/c1-28-14-4-6-15(7-5-14)29-19-17(24-11-13-3-2-9-22-13)12-25-18(27-19)16-8-10-23-20(21)26-16/h4-8,10,12-13,22,24H,2-3,9,11H2,1H3,(H2,21,23,26)/t13-/m0/s1. The summed E-state index contributed by atoms with van der Waals surface area (Å²) in [4.78, 5) is 17.1. The van der Waals surface area contributed by atoms with Gasteiger partial charge in [-0.2, -0.15) is 4.98 Å². The number of hydrogen-bond acceptors (Lipinski definition) is 9. The van der Waals surface area contributed by atoms with Gasteiger partial charge < -0.3 is 25.8 Å². The highest BCUT2D eigenvalue weighted by atomic mass is 16.5. The Morgan fingerprint density at radius 1 is 1.14 bits per heavy atom. The van der Waals surface area contributed by atoms with Crippen molar-refractivity contribution in [3.63, 3.8) is 0 Å². The van der Waals surface area contributed by atoms with E-state index >= 15 is 0 Å². The molecule has 0 unspecified atom stereocenters. The molecule has 0 saturated carbocycles. The number of anilines is 2. The number of nitrogens with zero attached hydrogens (tertiary/aromatic N) is 4. The summed E-state index contributed by atoms with van der Waals surface area (Å²) < 4.78 is 11.3. The number of nitrogens with one attached hydrogen (secondary N) is 2. The van der Waals surface area contributed by atoms with Crippen molar-refractivity contribution in [1.82, 2.24) is 25.3 Å². The summed E-state index contributed by atoms with van der Waals surface area (Å²) in [7, 11) is 1.62. The third-order valence-corrected chi connectivity index (χ3v) is 4.63. The first-order chi connectivity index (χ1) is 14.2. The lowest BCUT2D eigenvalue weighted by Gasteiger charge is -2.16. The average molecular weight is 393 g/mol. The first-order valence-corrected chi connectivity index (χ1v) is 9.46. The van der Waals surface area contributed by atoms with Crippen molar-refractivity contribution in [2.45, 2.75) is 18.9 Å². The van der Waals surface area contributed by atoms with E-state index in [-0.39, 0.29) is 5.95 Å². The van der Waals surface area contributed by atoms with Crippen LogP contribution < -0.4 is 25.8 Å². The summed E-state index contributed by atoms with van der Waals surface area (Å²) in [6.45, 7) is 1.81. The number of aromatic nitrogens is 4. The van der Waals surface area contributed by atoms with Gasteiger partial charge in [0.05, 0.1) is 13.3 Å². The van der Waals surface area contributed by atoms with Crippen molar-refractivity contribution in [3.8, 4) is 28.9 Å². The Kier molecular flexibility index (Phi) is 5.66. The zero-order valence-electron chi connectivity index (χ0n) is 16.1. The number of hydrogen-bond donors (Lipinski definition) is 3. The van der Waals surface area contributed by atoms with Crippen molar-refractivity contribution >= 4 is 11.6 Å². The van der Waals surface area contributed by atoms with E-state index in [2.05, 4.69) is 30.6 Å². The van der Waals surface area contributed by atoms with Crippen LogP contribution in [0.25, 0.3) is 11.5 Å². The van der Waals surface area contributed by atoms with Gasteiger partial charge in [-0.15, -0.1) is 0 Å². The molecule has 1 fully saturated rings. The Morgan fingerprint density at radius 2 is 1.97 bits per heavy atom. The van der Waals surface area contributed by atoms with Crippen LogP contribution in [-0.2, 0) is 0 Å². The first-order valence-electron chi connectivity index (χ1n) is 9.46. The molecule has 4 rings (SSSR count). The van der Waals surface area contributed by atoms with Crippen molar-refractivity contribution in [2.24, 2.45) is 0 Å². The van der Waals surface area contributed by atoms with E-state index in [1.165, 1.54) is 6.42 Å². The molecule has 9 heteroatoms. The van der Waals surface area contributed by atoms with E-state index < -0.39 is 0 Å². The molecule has 1 atom stereocenters. The van der Waals surface area contributed by atoms with E-state index in [1.54, 1.807) is 25.6 Å². The maximum Gasteiger partial charge on any atom is 0.246 e. The summed E-state index contributed by atoms with van der Waals surface area (Å²) in [5, 5.41) is 6.86. The van der Waals surface area contributed by atoms with Crippen LogP contribution in [0.3, 0.4) is 0 Å². The Balaban J connectivity index is 1.61. The summed E-state index contributed by atoms with van der Waals surface area (Å²) in [5.74, 6) is 2.38. The van der Waals surface area contributed by atoms with E-state index in [9.17, 15) is 0 Å². The van der Waals surface area contributed by atoms with Crippen LogP contribution in [0.15, 0.2) is 42.7 Å². The van der Waals surface area contributed by atoms with Crippen molar-refractivity contribution in [2.75, 3.05) is 31.2 Å². The smallest absolute Gasteiger partial charge is 0.246 e. The molecule has 0 radical (unpaired) electrons. The highest BCUT2D eigenvalue weighted by Crippen LogP contribution is 2.30. The summed E-state index contributed by atoms with van der Waals surface area (Å²) >= 11 is 0. The molecule has 3 aromatic rings. The van der Waals surface area contributed by atoms with Crippen LogP contribution in [0.5, 0.6) is 17.4 Å². The normalized spacial score (nSPS) is 15.8. The second-order valence-electron chi connectivity index (χ2n) is 6.66. The number of methoxy groups -OCH3 is 1. The maximum absolute atomic E-state index is 6.05. The summed E-state index contributed by atoms with van der Waals surface area (Å²) in [6, 6.07) is 9.44. The highest BCUT2D eigenvalue weighted by Gasteiger charge is 2.17. The van der Waals surface area contributed by atoms with Gasteiger partial charge in [0.1, 0.15) is 22.9 Å². The van der Waals surface area contributed by atoms with Crippen LogP contribution in [-0.4, -0.2) is 46.2 Å². The molecule has 1 aliphatic heterocycles. The number of ether oxygens (including phenoxy) is 2. The monoisotopic (exact) mass is 393 g/mol. The summed E-state index contributed by atoms with van der Waals surface area (Å²) in [5.41, 5.74) is 6.93. The van der Waals surface area contributed by atoms with E-state index in [0.717, 1.165) is 25.3 Å². The van der Waals surface area contributed by atoms with Gasteiger partial charge in [-0.3, -0.25) is 0 Å². The molecule has 0 bridgehead atoms. The molecule has 0 aliphatic carbocycles. The molecule has 0 amide bonds. The fourth-order valence-electron chi connectivity index (χ4n) is 3.11. The van der Waals surface area contributed by atoms with Gasteiger partial charge in [0.15, 0.2) is 5.82 Å². The fourth-order valence-corrected chi connectivity index (χ4v) is 3.11. The minimum absolute atomic E-state index is 0.165. The Bertz CT molecular complexity index is 959. The lowest BCUT2D eigenvalue weighted by molar-refractivity contribution is 0.412. The molecule has 29 heavy (non-hydrogen) atoms. The molecule has 0 spiro atoms. The van der Waals surface area contributed by atoms with Crippen LogP contribution in [0.1, 0.15) is 12.8 Å². The predicted molar refractivity (Wildman–Crippen MR) is 110 cm³/mol. The van der Waals surface area contributed by atoms with Gasteiger partial charge in [0.2, 0.25) is 11.8 Å². The molecule has 2 aromatic heterocycles. The van der Waals surface area contributed by atoms with Crippen LogP contribution in [0.4, 0.5) is 11.6 Å². The summed E-state index contributed by atoms with van der Waals surface area (Å²) in [6.07, 6.45) is 5.60. The van der Waals surface area contributed by atoms with Gasteiger partial charge in [-0.1, -0.05) is 0 Å². The van der Waals surface area contributed by atoms with Gasteiger partial charge in [0, 0.05) is 18.8 Å². The predicted octanol–water partition coefficient (Wildman–Crippen LogP) is 2.48. The maximum atomic E-state index is 6.05. The Hall–Kier alpha value is -3.46. The molecular weight excluding hydrogens is 370 g/mol. The quantitative estimate of drug-likeness (QED) is 0.556. The lowest BCUT2D eigenvalue weighted by Crippen LogP contribution is -2.29. The minimum atomic E-state index is 0.165. The number of nitrogens with two attached hydrogens (primary N) is 1. The van der Waals surface area contributed by atoms with E-state index in [1.807, 2.05) is 24.3 Å². The molecule has 1 aromatic carbocycles. The zero-order chi connectivity index (χ0) is 20.1. The third kappa shape index (κ3) is 4.69. The topological polar surface area (TPSA) is 120 Å². The zero-order valence-corrected chi connectivity index (χ0v) is 16.1. The highest BCUT2D eigenvalue weighted by molar-refractivity contribution is 5.59. The molecule has 9 nitrogen and oxygen atoms in total. The van der Waals surface area contributed by atoms with Crippen LogP contribution >= 0.6 is 0 Å². The molecule has 3 heterocycles. The first kappa shape index (κ1) is 18.9. The number of nitrogen functional groups attached to an aromatic ring is 1. The molecule has 4 N–H and O–H groups in total. The van der Waals surface area contributed by atoms with Crippen LogP contribution in [0, 0.1) is 0 Å². The largest absolute Gasteiger partial charge is 0.497 e. The van der Waals surface area contributed by atoms with Gasteiger partial charge >= 0.3 is 0 Å². The van der Waals surface area contributed by atoms with Crippen molar-refractivity contribution in [1.29, 1.82) is 0 Å². The van der Waals surface area contributed by atoms with Crippen LogP contribution in [0.2, 0.25) is 0 Å². The van der Waals surface area contributed by atoms with Crippen molar-refractivity contribution < 1.29 is 9.47 Å². The van der Waals surface area contributed by atoms with E-state index in [4.69, 9.17) is 15.2 Å². The Labute approximate surface area is 168 Å². The molecular formula is C20H23N7O2. The second kappa shape index (κ2) is 8.70. The minimum Gasteiger partial charge on any atom is -0.497 e. The third-order valence-electron chi connectivity index (χ3n) is 4.63. The Morgan fingerprint density at radius 3 is 2.69 bits per heavy atom. The van der Waals surface area contributed by atoms with Crippen molar-refractivity contribution in [3.05, 3.63) is 42.7 Å². The lowest BCUT2D eigenvalue weighted by atomic mass is 10.2. The van der Waals surface area contributed by atoms with Gasteiger partial charge in [-0.25, -0.2) is 15.0 Å². The van der Waals surface area contributed by atoms with E-state index in [0.29, 0.717) is 34.9 Å². The average Bonchev–Trinajstić information content (AvgIpc) is 3.27. The molecule has 1 aliphatic rings. The fraction of sp³-hybridized carbons (Fsp3) is 0.300. The second-order valence-corrected chi connectivity index (χ2v) is 6.66. The SMILES string of the molecule is COc1ccc(Oc2nc(-c3ccnc(N)n3)ncc2NC[C@@H]2CCCN2)cc1. The number of benzene rings is 1.